The van der Waals surface area contributed by atoms with E-state index in [-0.39, 0.29) is 11.8 Å². The maximum atomic E-state index is 11.5. The van der Waals surface area contributed by atoms with Gasteiger partial charge in [0.25, 0.3) is 15.2 Å². The Labute approximate surface area is 121 Å². The van der Waals surface area contributed by atoms with E-state index in [2.05, 4.69) is 10.2 Å². The smallest absolute Gasteiger partial charge is 0.273 e. The standard InChI is InChI=1S/C12H14N4O4S/c1-2-16-11(14-15-12(16)21(13,17)18)10-7-19-8-5-3-4-6-9(8)20-10/h3-6,10H,2,7H2,1H3,(H2,13,17,18). The molecule has 1 unspecified atom stereocenters. The number of hydrogen-bond donors (Lipinski definition) is 1. The molecule has 112 valence electrons. The second-order valence-electron chi connectivity index (χ2n) is 4.49. The third-order valence-corrected chi connectivity index (χ3v) is 3.92. The largest absolute Gasteiger partial charge is 0.485 e. The molecule has 0 bridgehead atoms. The molecule has 0 amide bonds. The molecule has 0 radical (unpaired) electrons. The Morgan fingerprint density at radius 2 is 2.05 bits per heavy atom. The van der Waals surface area contributed by atoms with Crippen molar-refractivity contribution in [1.29, 1.82) is 0 Å². The van der Waals surface area contributed by atoms with E-state index in [1.807, 2.05) is 12.1 Å². The van der Waals surface area contributed by atoms with Crippen LogP contribution in [0.3, 0.4) is 0 Å². The monoisotopic (exact) mass is 310 g/mol. The predicted octanol–water partition coefficient (Wildman–Crippen LogP) is 0.458. The van der Waals surface area contributed by atoms with Gasteiger partial charge in [0.2, 0.25) is 0 Å². The SMILES string of the molecule is CCn1c(C2COc3ccccc3O2)nnc1S(N)(=O)=O. The van der Waals surface area contributed by atoms with Crippen molar-refractivity contribution < 1.29 is 17.9 Å². The zero-order valence-electron chi connectivity index (χ0n) is 11.3. The first kappa shape index (κ1) is 13.8. The molecule has 2 heterocycles. The molecule has 9 heteroatoms. The summed E-state index contributed by atoms with van der Waals surface area (Å²) in [5, 5.41) is 12.4. The van der Waals surface area contributed by atoms with Crippen molar-refractivity contribution in [3.8, 4) is 11.5 Å². The molecule has 0 fully saturated rings. The van der Waals surface area contributed by atoms with Gasteiger partial charge in [-0.3, -0.25) is 4.57 Å². The van der Waals surface area contributed by atoms with E-state index >= 15 is 0 Å². The summed E-state index contributed by atoms with van der Waals surface area (Å²) in [6.45, 7) is 2.36. The highest BCUT2D eigenvalue weighted by Crippen LogP contribution is 2.35. The van der Waals surface area contributed by atoms with Crippen molar-refractivity contribution in [2.75, 3.05) is 6.61 Å². The number of aromatic nitrogens is 3. The van der Waals surface area contributed by atoms with E-state index in [9.17, 15) is 8.42 Å². The highest BCUT2D eigenvalue weighted by molar-refractivity contribution is 7.89. The maximum Gasteiger partial charge on any atom is 0.273 e. The molecule has 0 saturated heterocycles. The second-order valence-corrected chi connectivity index (χ2v) is 5.95. The van der Waals surface area contributed by atoms with Gasteiger partial charge < -0.3 is 9.47 Å². The third kappa shape index (κ3) is 2.45. The Kier molecular flexibility index (Phi) is 3.30. The summed E-state index contributed by atoms with van der Waals surface area (Å²) in [4.78, 5) is 0. The fourth-order valence-electron chi connectivity index (χ4n) is 2.19. The van der Waals surface area contributed by atoms with Crippen LogP contribution in [0.25, 0.3) is 0 Å². The second kappa shape index (κ2) is 5.01. The first-order chi connectivity index (χ1) is 10.0. The molecule has 0 saturated carbocycles. The summed E-state index contributed by atoms with van der Waals surface area (Å²) in [5.41, 5.74) is 0. The maximum absolute atomic E-state index is 11.5. The Balaban J connectivity index is 1.98. The van der Waals surface area contributed by atoms with E-state index in [4.69, 9.17) is 14.6 Å². The Bertz CT molecular complexity index is 771. The first-order valence-electron chi connectivity index (χ1n) is 6.35. The lowest BCUT2D eigenvalue weighted by Crippen LogP contribution is -2.26. The van der Waals surface area contributed by atoms with Crippen LogP contribution >= 0.6 is 0 Å². The molecule has 0 aliphatic carbocycles. The van der Waals surface area contributed by atoms with Gasteiger partial charge in [-0.1, -0.05) is 12.1 Å². The topological polar surface area (TPSA) is 109 Å². The summed E-state index contributed by atoms with van der Waals surface area (Å²) in [7, 11) is -3.93. The lowest BCUT2D eigenvalue weighted by atomic mass is 10.2. The molecule has 0 spiro atoms. The van der Waals surface area contributed by atoms with Crippen LogP contribution in [0.2, 0.25) is 0 Å². The molecular formula is C12H14N4O4S. The van der Waals surface area contributed by atoms with Crippen LogP contribution in [-0.2, 0) is 16.6 Å². The number of nitrogens with two attached hydrogens (primary N) is 1. The van der Waals surface area contributed by atoms with Gasteiger partial charge in [-0.2, -0.15) is 0 Å². The van der Waals surface area contributed by atoms with Gasteiger partial charge in [-0.25, -0.2) is 13.6 Å². The number of sulfonamides is 1. The number of fused-ring (bicyclic) bond motifs is 1. The summed E-state index contributed by atoms with van der Waals surface area (Å²) in [6.07, 6.45) is -0.539. The van der Waals surface area contributed by atoms with Crippen LogP contribution < -0.4 is 14.6 Å². The van der Waals surface area contributed by atoms with Crippen LogP contribution in [0.1, 0.15) is 18.9 Å². The Morgan fingerprint density at radius 3 is 2.71 bits per heavy atom. The van der Waals surface area contributed by atoms with Crippen LogP contribution in [0.15, 0.2) is 29.4 Å². The van der Waals surface area contributed by atoms with Crippen molar-refractivity contribution >= 4 is 10.0 Å². The number of benzene rings is 1. The van der Waals surface area contributed by atoms with Crippen molar-refractivity contribution in [3.63, 3.8) is 0 Å². The summed E-state index contributed by atoms with van der Waals surface area (Å²) >= 11 is 0. The quantitative estimate of drug-likeness (QED) is 0.882. The molecule has 2 N–H and O–H groups in total. The van der Waals surface area contributed by atoms with Gasteiger partial charge in [0.15, 0.2) is 23.4 Å². The molecule has 1 aromatic heterocycles. The van der Waals surface area contributed by atoms with Gasteiger partial charge in [0, 0.05) is 6.54 Å². The molecular weight excluding hydrogens is 296 g/mol. The van der Waals surface area contributed by atoms with E-state index < -0.39 is 16.1 Å². The van der Waals surface area contributed by atoms with Gasteiger partial charge in [0.1, 0.15) is 6.61 Å². The van der Waals surface area contributed by atoms with Crippen molar-refractivity contribution in [2.24, 2.45) is 5.14 Å². The number of ether oxygens (including phenoxy) is 2. The minimum atomic E-state index is -3.93. The van der Waals surface area contributed by atoms with Gasteiger partial charge in [0.05, 0.1) is 0 Å². The lowest BCUT2D eigenvalue weighted by Gasteiger charge is -2.25. The third-order valence-electron chi connectivity index (χ3n) is 3.11. The summed E-state index contributed by atoms with van der Waals surface area (Å²) in [5.74, 6) is 1.59. The van der Waals surface area contributed by atoms with E-state index in [0.29, 0.717) is 23.9 Å². The number of nitrogens with zero attached hydrogens (tertiary/aromatic N) is 3. The van der Waals surface area contributed by atoms with Gasteiger partial charge >= 0.3 is 0 Å². The molecule has 1 aromatic carbocycles. The number of primary sulfonamides is 1. The summed E-state index contributed by atoms with van der Waals surface area (Å²) in [6, 6.07) is 7.24. The first-order valence-corrected chi connectivity index (χ1v) is 7.89. The molecule has 2 aromatic rings. The fourth-order valence-corrected chi connectivity index (χ4v) is 2.88. The van der Waals surface area contributed by atoms with Crippen molar-refractivity contribution in [2.45, 2.75) is 24.7 Å². The van der Waals surface area contributed by atoms with Gasteiger partial charge in [-0.05, 0) is 19.1 Å². The van der Waals surface area contributed by atoms with Crippen molar-refractivity contribution in [1.82, 2.24) is 14.8 Å². The highest BCUT2D eigenvalue weighted by atomic mass is 32.2. The van der Waals surface area contributed by atoms with Gasteiger partial charge in [-0.15, -0.1) is 10.2 Å². The fraction of sp³-hybridized carbons (Fsp3) is 0.333. The van der Waals surface area contributed by atoms with Crippen LogP contribution in [0.5, 0.6) is 11.5 Å². The molecule has 21 heavy (non-hydrogen) atoms. The highest BCUT2D eigenvalue weighted by Gasteiger charge is 2.30. The van der Waals surface area contributed by atoms with Crippen molar-refractivity contribution in [3.05, 3.63) is 30.1 Å². The average molecular weight is 310 g/mol. The molecule has 1 atom stereocenters. The van der Waals surface area contributed by atoms with Crippen LogP contribution in [0, 0.1) is 0 Å². The number of rotatable bonds is 3. The minimum Gasteiger partial charge on any atom is -0.485 e. The molecule has 8 nitrogen and oxygen atoms in total. The van der Waals surface area contributed by atoms with E-state index in [1.54, 1.807) is 19.1 Å². The molecule has 1 aliphatic heterocycles. The molecule has 3 rings (SSSR count). The Hall–Kier alpha value is -2.13. The normalized spacial score (nSPS) is 17.7. The zero-order valence-corrected chi connectivity index (χ0v) is 12.1. The van der Waals surface area contributed by atoms with Crippen LogP contribution in [0.4, 0.5) is 0 Å². The summed E-state index contributed by atoms with van der Waals surface area (Å²) < 4.78 is 35.8. The number of para-hydroxylation sites is 2. The molecule has 1 aliphatic rings. The number of hydrogen-bond acceptors (Lipinski definition) is 6. The lowest BCUT2D eigenvalue weighted by molar-refractivity contribution is 0.0818. The van der Waals surface area contributed by atoms with E-state index in [1.165, 1.54) is 4.57 Å². The predicted molar refractivity (Wildman–Crippen MR) is 72.4 cm³/mol. The van der Waals surface area contributed by atoms with Crippen LogP contribution in [-0.4, -0.2) is 29.8 Å². The average Bonchev–Trinajstić information content (AvgIpc) is 2.90. The minimum absolute atomic E-state index is 0.222. The zero-order chi connectivity index (χ0) is 15.0. The Morgan fingerprint density at radius 1 is 1.33 bits per heavy atom. The van der Waals surface area contributed by atoms with E-state index in [0.717, 1.165) is 0 Å².